The van der Waals surface area contributed by atoms with Crippen molar-refractivity contribution in [1.29, 1.82) is 0 Å². The third-order valence-electron chi connectivity index (χ3n) is 3.31. The molecule has 1 aliphatic heterocycles. The van der Waals surface area contributed by atoms with Crippen LogP contribution in [0.4, 0.5) is 5.69 Å². The van der Waals surface area contributed by atoms with Crippen molar-refractivity contribution in [3.05, 3.63) is 57.1 Å². The van der Waals surface area contributed by atoms with Gasteiger partial charge in [-0.15, -0.1) is 0 Å². The van der Waals surface area contributed by atoms with Crippen LogP contribution < -0.4 is 19.6 Å². The number of benzene rings is 2. The Morgan fingerprint density at radius 2 is 2.08 bits per heavy atom. The third kappa shape index (κ3) is 4.01. The number of nitrogens with one attached hydrogen (secondary N) is 1. The summed E-state index contributed by atoms with van der Waals surface area (Å²) in [6.07, 6.45) is 1.34. The number of rotatable bonds is 6. The highest BCUT2D eigenvalue weighted by molar-refractivity contribution is 6.33. The van der Waals surface area contributed by atoms with Crippen molar-refractivity contribution in [2.75, 3.05) is 13.4 Å². The summed E-state index contributed by atoms with van der Waals surface area (Å²) in [4.78, 5) is 22.1. The molecule has 9 nitrogen and oxygen atoms in total. The van der Waals surface area contributed by atoms with Crippen LogP contribution in [0.5, 0.6) is 17.2 Å². The maximum atomic E-state index is 11.8. The number of halogens is 1. The zero-order valence-electron chi connectivity index (χ0n) is 13.2. The van der Waals surface area contributed by atoms with Gasteiger partial charge in [-0.3, -0.25) is 14.9 Å². The molecule has 2 aromatic carbocycles. The molecule has 0 spiro atoms. The third-order valence-corrected chi connectivity index (χ3v) is 3.63. The van der Waals surface area contributed by atoms with E-state index in [-0.39, 0.29) is 18.2 Å². The van der Waals surface area contributed by atoms with E-state index in [4.69, 9.17) is 25.8 Å². The molecule has 1 N–H and O–H groups in total. The number of para-hydroxylation sites is 2. The topological polar surface area (TPSA) is 112 Å². The summed E-state index contributed by atoms with van der Waals surface area (Å²) in [5, 5.41) is 15.0. The van der Waals surface area contributed by atoms with Crippen molar-refractivity contribution >= 4 is 29.4 Å². The molecule has 0 atom stereocenters. The number of hydrogen-bond acceptors (Lipinski definition) is 7. The molecule has 0 aromatic heterocycles. The lowest BCUT2D eigenvalue weighted by molar-refractivity contribution is -0.385. The Hall–Kier alpha value is -3.33. The van der Waals surface area contributed by atoms with Crippen LogP contribution in [0.15, 0.2) is 41.5 Å². The van der Waals surface area contributed by atoms with Gasteiger partial charge in [0, 0.05) is 17.7 Å². The van der Waals surface area contributed by atoms with Crippen LogP contribution in [0.3, 0.4) is 0 Å². The van der Waals surface area contributed by atoms with Crippen molar-refractivity contribution in [3.8, 4) is 17.2 Å². The predicted octanol–water partition coefficient (Wildman–Crippen LogP) is 2.51. The van der Waals surface area contributed by atoms with E-state index in [9.17, 15) is 14.9 Å². The van der Waals surface area contributed by atoms with Crippen molar-refractivity contribution in [2.45, 2.75) is 0 Å². The maximum absolute atomic E-state index is 11.8. The molecule has 0 bridgehead atoms. The number of hydrogen-bond donors (Lipinski definition) is 1. The minimum absolute atomic E-state index is 0.00422. The largest absolute Gasteiger partial charge is 0.477 e. The van der Waals surface area contributed by atoms with Crippen LogP contribution in [0.1, 0.15) is 5.56 Å². The smallest absolute Gasteiger partial charge is 0.310 e. The van der Waals surface area contributed by atoms with Gasteiger partial charge in [0.2, 0.25) is 6.79 Å². The fraction of sp³-hybridized carbons (Fsp3) is 0.125. The minimum Gasteiger partial charge on any atom is -0.477 e. The summed E-state index contributed by atoms with van der Waals surface area (Å²) in [6.45, 7) is -0.316. The summed E-state index contributed by atoms with van der Waals surface area (Å²) < 4.78 is 15.6. The van der Waals surface area contributed by atoms with Gasteiger partial charge >= 0.3 is 5.69 Å². The molecular weight excluding hydrogens is 366 g/mol. The van der Waals surface area contributed by atoms with E-state index in [1.54, 1.807) is 18.2 Å². The predicted molar refractivity (Wildman–Crippen MR) is 91.9 cm³/mol. The number of carbonyl (C=O) groups is 1. The van der Waals surface area contributed by atoms with Crippen LogP contribution in [0.2, 0.25) is 5.02 Å². The first-order chi connectivity index (χ1) is 12.5. The number of ether oxygens (including phenoxy) is 3. The second kappa shape index (κ2) is 7.70. The molecular formula is C16H12ClN3O6. The van der Waals surface area contributed by atoms with Gasteiger partial charge in [-0.2, -0.15) is 5.10 Å². The van der Waals surface area contributed by atoms with Crippen LogP contribution in [-0.2, 0) is 4.79 Å². The molecule has 0 radical (unpaired) electrons. The summed E-state index contributed by atoms with van der Waals surface area (Å²) in [5.41, 5.74) is 2.55. The number of nitro groups is 1. The highest BCUT2D eigenvalue weighted by Gasteiger charge is 2.16. The second-order valence-electron chi connectivity index (χ2n) is 5.03. The fourth-order valence-electron chi connectivity index (χ4n) is 2.11. The molecule has 1 aliphatic rings. The summed E-state index contributed by atoms with van der Waals surface area (Å²) in [5.74, 6) is 0.475. The van der Waals surface area contributed by atoms with E-state index < -0.39 is 17.4 Å². The Kier molecular flexibility index (Phi) is 5.18. The Labute approximate surface area is 152 Å². The standard InChI is InChI=1S/C16H12ClN3O6/c17-11-6-15-14(25-9-26-15)5-10(11)7-18-19-16(21)8-24-13-4-2-1-3-12(13)20(22)23/h1-7H,8-9H2,(H,19,21)/b18-7+. The second-order valence-corrected chi connectivity index (χ2v) is 5.44. The van der Waals surface area contributed by atoms with Crippen LogP contribution in [0.25, 0.3) is 0 Å². The van der Waals surface area contributed by atoms with Gasteiger partial charge in [-0.25, -0.2) is 5.43 Å². The molecule has 0 fully saturated rings. The van der Waals surface area contributed by atoms with Crippen molar-refractivity contribution in [2.24, 2.45) is 5.10 Å². The number of nitro benzene ring substituents is 1. The number of carbonyl (C=O) groups excluding carboxylic acids is 1. The highest BCUT2D eigenvalue weighted by Crippen LogP contribution is 2.36. The van der Waals surface area contributed by atoms with Gasteiger partial charge in [-0.05, 0) is 12.1 Å². The number of nitrogens with zero attached hydrogens (tertiary/aromatic N) is 2. The van der Waals surface area contributed by atoms with E-state index >= 15 is 0 Å². The van der Waals surface area contributed by atoms with E-state index in [0.29, 0.717) is 22.1 Å². The first-order valence-electron chi connectivity index (χ1n) is 7.32. The van der Waals surface area contributed by atoms with Crippen molar-refractivity contribution in [3.63, 3.8) is 0 Å². The monoisotopic (exact) mass is 377 g/mol. The van der Waals surface area contributed by atoms with Crippen molar-refractivity contribution in [1.82, 2.24) is 5.43 Å². The van der Waals surface area contributed by atoms with E-state index in [1.165, 1.54) is 24.4 Å². The number of fused-ring (bicyclic) bond motifs is 1. The number of hydrazone groups is 1. The van der Waals surface area contributed by atoms with Gasteiger partial charge in [0.15, 0.2) is 23.9 Å². The average Bonchev–Trinajstić information content (AvgIpc) is 3.07. The fourth-order valence-corrected chi connectivity index (χ4v) is 2.31. The zero-order chi connectivity index (χ0) is 18.5. The SMILES string of the molecule is O=C(COc1ccccc1[N+](=O)[O-])N/N=C/c1cc2c(cc1Cl)OCO2. The molecule has 26 heavy (non-hydrogen) atoms. The van der Waals surface area contributed by atoms with E-state index in [2.05, 4.69) is 10.5 Å². The lowest BCUT2D eigenvalue weighted by Gasteiger charge is -2.05. The average molecular weight is 378 g/mol. The molecule has 1 amide bonds. The lowest BCUT2D eigenvalue weighted by atomic mass is 10.2. The zero-order valence-corrected chi connectivity index (χ0v) is 13.9. The van der Waals surface area contributed by atoms with Crippen molar-refractivity contribution < 1.29 is 23.9 Å². The van der Waals surface area contributed by atoms with Gasteiger partial charge in [0.05, 0.1) is 16.2 Å². The first kappa shape index (κ1) is 17.5. The highest BCUT2D eigenvalue weighted by atomic mass is 35.5. The Morgan fingerprint density at radius 1 is 1.35 bits per heavy atom. The molecule has 1 heterocycles. The summed E-state index contributed by atoms with van der Waals surface area (Å²) in [6, 6.07) is 8.98. The van der Waals surface area contributed by atoms with Crippen LogP contribution in [0, 0.1) is 10.1 Å². The van der Waals surface area contributed by atoms with Gasteiger partial charge in [0.1, 0.15) is 0 Å². The summed E-state index contributed by atoms with van der Waals surface area (Å²) in [7, 11) is 0. The summed E-state index contributed by atoms with van der Waals surface area (Å²) >= 11 is 6.08. The maximum Gasteiger partial charge on any atom is 0.310 e. The number of amides is 1. The Balaban J connectivity index is 1.56. The molecule has 2 aromatic rings. The van der Waals surface area contributed by atoms with Crippen LogP contribution in [-0.4, -0.2) is 30.4 Å². The quantitative estimate of drug-likeness (QED) is 0.470. The normalized spacial score (nSPS) is 12.2. The van der Waals surface area contributed by atoms with Gasteiger partial charge in [0.25, 0.3) is 5.91 Å². The molecule has 0 saturated carbocycles. The molecule has 0 unspecified atom stereocenters. The lowest BCUT2D eigenvalue weighted by Crippen LogP contribution is -2.24. The van der Waals surface area contributed by atoms with E-state index in [1.807, 2.05) is 0 Å². The molecule has 0 saturated heterocycles. The van der Waals surface area contributed by atoms with Gasteiger partial charge in [-0.1, -0.05) is 23.7 Å². The molecule has 0 aliphatic carbocycles. The first-order valence-corrected chi connectivity index (χ1v) is 7.69. The molecule has 3 rings (SSSR count). The van der Waals surface area contributed by atoms with Crippen LogP contribution >= 0.6 is 11.6 Å². The molecule has 134 valence electrons. The Bertz CT molecular complexity index is 886. The van der Waals surface area contributed by atoms with Gasteiger partial charge < -0.3 is 14.2 Å². The minimum atomic E-state index is -0.590. The van der Waals surface area contributed by atoms with E-state index in [0.717, 1.165) is 0 Å². The molecule has 10 heteroatoms. The Morgan fingerprint density at radius 3 is 2.85 bits per heavy atom.